The fourth-order valence-corrected chi connectivity index (χ4v) is 5.04. The Hall–Kier alpha value is -1.60. The van der Waals surface area contributed by atoms with Gasteiger partial charge in [-0.2, -0.15) is 0 Å². The van der Waals surface area contributed by atoms with Gasteiger partial charge in [-0.3, -0.25) is 0 Å². The number of hydrogen-bond donors (Lipinski definition) is 1. The number of aliphatic hydroxyl groups is 1. The molecular formula is C15H21AsBrN3O9S. The molecule has 30 heavy (non-hydrogen) atoms. The summed E-state index contributed by atoms with van der Waals surface area (Å²) in [5, 5.41) is 32.9. The number of hydrogen-bond acceptors (Lipinski definition) is 10. The standard InChI is InChI=1S/C15H21AsBrN3O9S/c1-10(21)9-16-15(22)12-7-11(19(23)24)8-13(20(25)26)14(12)18(4-3-17)5-6-29-30(2,27)28/h7-8,10,16,21H,3-6,9H2,1-2H3. The number of anilines is 1. The Bertz CT molecular complexity index is 911. The van der Waals surface area contributed by atoms with Gasteiger partial charge in [0, 0.05) is 0 Å². The van der Waals surface area contributed by atoms with Gasteiger partial charge < -0.3 is 0 Å². The Labute approximate surface area is 187 Å². The van der Waals surface area contributed by atoms with Gasteiger partial charge in [-0.15, -0.1) is 0 Å². The minimum absolute atomic E-state index is 0.117. The van der Waals surface area contributed by atoms with Crippen LogP contribution < -0.4 is 4.90 Å². The third kappa shape index (κ3) is 8.26. The van der Waals surface area contributed by atoms with Gasteiger partial charge in [0.2, 0.25) is 0 Å². The van der Waals surface area contributed by atoms with Crippen LogP contribution in [-0.4, -0.2) is 81.1 Å². The second-order valence-electron chi connectivity index (χ2n) is 6.14. The van der Waals surface area contributed by atoms with Gasteiger partial charge in [-0.05, 0) is 0 Å². The molecule has 0 aromatic heterocycles. The van der Waals surface area contributed by atoms with Crippen LogP contribution in [0.25, 0.3) is 0 Å². The van der Waals surface area contributed by atoms with Crippen molar-refractivity contribution in [3.05, 3.63) is 37.9 Å². The number of nitrogens with zero attached hydrogens (tertiary/aromatic N) is 3. The van der Waals surface area contributed by atoms with Crippen LogP contribution in [0, 0.1) is 20.2 Å². The molecule has 0 heterocycles. The van der Waals surface area contributed by atoms with Crippen molar-refractivity contribution in [1.82, 2.24) is 0 Å². The predicted molar refractivity (Wildman–Crippen MR) is 115 cm³/mol. The van der Waals surface area contributed by atoms with E-state index in [9.17, 15) is 38.5 Å². The zero-order valence-electron chi connectivity index (χ0n) is 16.1. The van der Waals surface area contributed by atoms with Crippen molar-refractivity contribution >= 4 is 63.4 Å². The van der Waals surface area contributed by atoms with Crippen molar-refractivity contribution in [1.29, 1.82) is 0 Å². The normalized spacial score (nSPS) is 12.8. The van der Waals surface area contributed by atoms with Gasteiger partial charge in [-0.25, -0.2) is 0 Å². The first-order valence-electron chi connectivity index (χ1n) is 8.45. The van der Waals surface area contributed by atoms with Crippen LogP contribution in [0.3, 0.4) is 0 Å². The fraction of sp³-hybridized carbons (Fsp3) is 0.533. The summed E-state index contributed by atoms with van der Waals surface area (Å²) >= 11 is 1.74. The Kier molecular flexibility index (Phi) is 10.3. The summed E-state index contributed by atoms with van der Waals surface area (Å²) in [5.74, 6) is 0. The number of halogens is 1. The summed E-state index contributed by atoms with van der Waals surface area (Å²) in [7, 11) is -3.76. The molecule has 0 aliphatic rings. The third-order valence-electron chi connectivity index (χ3n) is 3.61. The molecule has 2 atom stereocenters. The van der Waals surface area contributed by atoms with Gasteiger partial charge >= 0.3 is 188 Å². The Morgan fingerprint density at radius 3 is 2.40 bits per heavy atom. The van der Waals surface area contributed by atoms with Crippen LogP contribution in [0.1, 0.15) is 17.3 Å². The molecule has 168 valence electrons. The molecule has 1 rings (SSSR count). The molecule has 1 N–H and O–H groups in total. The SMILES string of the molecule is CC(O)C[AsH]C(=O)c1cc([N+](=O)[O-])cc([N+](=O)[O-])c1N(CCBr)CCOS(C)(=O)=O. The second kappa shape index (κ2) is 11.7. The van der Waals surface area contributed by atoms with Crippen LogP contribution in [-0.2, 0) is 14.3 Å². The predicted octanol–water partition coefficient (Wildman–Crippen LogP) is 1.06. The number of benzene rings is 1. The fourth-order valence-electron chi connectivity index (χ4n) is 2.43. The van der Waals surface area contributed by atoms with E-state index in [0.717, 1.165) is 18.4 Å². The molecule has 0 bridgehead atoms. The number of rotatable bonds is 13. The van der Waals surface area contributed by atoms with E-state index in [-0.39, 0.29) is 36.2 Å². The molecule has 0 amide bonds. The van der Waals surface area contributed by atoms with E-state index >= 15 is 0 Å². The molecule has 0 aliphatic heterocycles. The zero-order valence-corrected chi connectivity index (χ0v) is 20.6. The van der Waals surface area contributed by atoms with E-state index < -0.39 is 57.8 Å². The van der Waals surface area contributed by atoms with Gasteiger partial charge in [0.05, 0.1) is 0 Å². The molecule has 0 radical (unpaired) electrons. The van der Waals surface area contributed by atoms with E-state index in [1.165, 1.54) is 11.8 Å². The van der Waals surface area contributed by atoms with Gasteiger partial charge in [0.1, 0.15) is 0 Å². The minimum atomic E-state index is -3.76. The van der Waals surface area contributed by atoms with E-state index in [2.05, 4.69) is 15.9 Å². The second-order valence-corrected chi connectivity index (χ2v) is 11.1. The van der Waals surface area contributed by atoms with E-state index in [0.29, 0.717) is 5.33 Å². The Morgan fingerprint density at radius 1 is 1.30 bits per heavy atom. The summed E-state index contributed by atoms with van der Waals surface area (Å²) in [6.07, 6.45) is 0.0968. The quantitative estimate of drug-likeness (QED) is 0.118. The third-order valence-corrected chi connectivity index (χ3v) is 7.47. The number of non-ortho nitro benzene ring substituents is 1. The first-order chi connectivity index (χ1) is 13.9. The number of carbonyl (C=O) groups is 1. The maximum absolute atomic E-state index is 12.8. The summed E-state index contributed by atoms with van der Waals surface area (Å²) in [6.45, 7) is 1.18. The molecule has 0 fully saturated rings. The average molecular weight is 574 g/mol. The van der Waals surface area contributed by atoms with Crippen LogP contribution in [0.4, 0.5) is 17.1 Å². The van der Waals surface area contributed by atoms with Crippen molar-refractivity contribution in [2.45, 2.75) is 18.2 Å². The topological polar surface area (TPSA) is 170 Å². The Morgan fingerprint density at radius 2 is 1.93 bits per heavy atom. The average Bonchev–Trinajstić information content (AvgIpc) is 2.63. The van der Waals surface area contributed by atoms with Crippen LogP contribution >= 0.6 is 15.9 Å². The molecule has 0 spiro atoms. The zero-order chi connectivity index (χ0) is 23.1. The molecule has 12 nitrogen and oxygen atoms in total. The van der Waals surface area contributed by atoms with Crippen molar-refractivity contribution in [2.75, 3.05) is 36.2 Å². The van der Waals surface area contributed by atoms with Crippen molar-refractivity contribution < 1.29 is 32.3 Å². The van der Waals surface area contributed by atoms with Crippen LogP contribution in [0.2, 0.25) is 5.21 Å². The molecule has 0 aliphatic carbocycles. The van der Waals surface area contributed by atoms with Crippen LogP contribution in [0.15, 0.2) is 12.1 Å². The number of nitro groups is 2. The molecule has 1 aromatic rings. The van der Waals surface area contributed by atoms with Gasteiger partial charge in [0.25, 0.3) is 0 Å². The summed E-state index contributed by atoms with van der Waals surface area (Å²) in [6, 6.07) is 1.74. The van der Waals surface area contributed by atoms with Crippen molar-refractivity contribution in [3.63, 3.8) is 0 Å². The maximum atomic E-state index is 12.8. The summed E-state index contributed by atoms with van der Waals surface area (Å²) in [4.78, 5) is 35.4. The van der Waals surface area contributed by atoms with E-state index in [1.807, 2.05) is 0 Å². The Balaban J connectivity index is 3.55. The number of nitro benzene ring substituents is 2. The van der Waals surface area contributed by atoms with Gasteiger partial charge in [0.15, 0.2) is 0 Å². The molecule has 0 saturated heterocycles. The number of alkyl halides is 1. The molecule has 1 aromatic carbocycles. The van der Waals surface area contributed by atoms with Crippen LogP contribution in [0.5, 0.6) is 0 Å². The number of aliphatic hydroxyl groups excluding tert-OH is 1. The summed E-state index contributed by atoms with van der Waals surface area (Å²) < 4.78 is 26.6. The van der Waals surface area contributed by atoms with E-state index in [1.54, 1.807) is 0 Å². The first kappa shape index (κ1) is 26.4. The monoisotopic (exact) mass is 573 g/mol. The molecule has 2 unspecified atom stereocenters. The van der Waals surface area contributed by atoms with Crippen molar-refractivity contribution in [3.8, 4) is 0 Å². The van der Waals surface area contributed by atoms with Gasteiger partial charge in [-0.1, -0.05) is 0 Å². The van der Waals surface area contributed by atoms with E-state index in [4.69, 9.17) is 4.18 Å². The number of carbonyl (C=O) groups excluding carboxylic acids is 1. The van der Waals surface area contributed by atoms with Crippen molar-refractivity contribution in [2.24, 2.45) is 0 Å². The molecule has 0 saturated carbocycles. The molecule has 15 heteroatoms. The first-order valence-corrected chi connectivity index (χ1v) is 13.9. The molecular weight excluding hydrogens is 553 g/mol. The summed E-state index contributed by atoms with van der Waals surface area (Å²) in [5.41, 5.74) is -1.58.